The van der Waals surface area contributed by atoms with Crippen molar-refractivity contribution in [1.82, 2.24) is 0 Å². The molecule has 0 saturated carbocycles. The first-order valence-electron chi connectivity index (χ1n) is 2.66. The highest BCUT2D eigenvalue weighted by molar-refractivity contribution is 7.79. The molecule has 0 aliphatic rings. The first-order chi connectivity index (χ1) is 4.41. The molecular weight excluding hydrogens is 160 g/mol. The van der Waals surface area contributed by atoms with Gasteiger partial charge in [0, 0.05) is 23.6 Å². The molecule has 0 N–H and O–H groups in total. The largest absolute Gasteiger partial charge is 0.759 e. The van der Waals surface area contributed by atoms with E-state index in [-0.39, 0.29) is 0 Å². The summed E-state index contributed by atoms with van der Waals surface area (Å²) in [7, 11) is -5.17. The van der Waals surface area contributed by atoms with Crippen molar-refractivity contribution >= 4 is 10.4 Å². The molecule has 64 valence electrons. The van der Waals surface area contributed by atoms with Crippen molar-refractivity contribution in [1.29, 1.82) is 0 Å². The molecule has 0 aliphatic heterocycles. The van der Waals surface area contributed by atoms with Crippen molar-refractivity contribution < 1.29 is 22.3 Å². The van der Waals surface area contributed by atoms with Crippen LogP contribution in [0.2, 0.25) is 0 Å². The molecular formula is C4H10O5S-2. The van der Waals surface area contributed by atoms with E-state index in [1.54, 1.807) is 0 Å². The maximum atomic E-state index is 8.52. The molecule has 0 fully saturated rings. The van der Waals surface area contributed by atoms with E-state index in [0.29, 0.717) is 0 Å². The van der Waals surface area contributed by atoms with Crippen LogP contribution in [0.1, 0.15) is 13.8 Å². The molecule has 10 heavy (non-hydrogen) atoms. The molecule has 0 heterocycles. The van der Waals surface area contributed by atoms with E-state index < -0.39 is 10.4 Å². The van der Waals surface area contributed by atoms with Crippen LogP contribution >= 0.6 is 0 Å². The van der Waals surface area contributed by atoms with Crippen molar-refractivity contribution in [2.45, 2.75) is 13.8 Å². The zero-order chi connectivity index (χ0) is 8.62. The summed E-state index contributed by atoms with van der Waals surface area (Å²) in [5.74, 6) is 0. The Morgan fingerprint density at radius 3 is 1.40 bits per heavy atom. The van der Waals surface area contributed by atoms with Gasteiger partial charge in [-0.25, -0.2) is 0 Å². The molecule has 6 heteroatoms. The van der Waals surface area contributed by atoms with E-state index >= 15 is 0 Å². The van der Waals surface area contributed by atoms with E-state index in [9.17, 15) is 0 Å². The minimum absolute atomic E-state index is 0.844. The Labute approximate surface area is 60.6 Å². The van der Waals surface area contributed by atoms with Crippen LogP contribution in [0.4, 0.5) is 0 Å². The van der Waals surface area contributed by atoms with E-state index in [1.807, 2.05) is 13.8 Å². The predicted octanol–water partition coefficient (Wildman–Crippen LogP) is -0.295. The third-order valence-electron chi connectivity index (χ3n) is 0.408. The number of hydrogen-bond acceptors (Lipinski definition) is 5. The standard InChI is InChI=1S/C4H10O.H2O4S/c1-3-5-4-2;1-5(2,3)4/h3-4H2,1-2H3;(H2,1,2,3,4)/p-2. The summed E-state index contributed by atoms with van der Waals surface area (Å²) in [5, 5.41) is 0. The third-order valence-corrected chi connectivity index (χ3v) is 0.408. The quantitative estimate of drug-likeness (QED) is 0.419. The molecule has 0 aromatic heterocycles. The average Bonchev–Trinajstić information content (AvgIpc) is 1.63. The Kier molecular flexibility index (Phi) is 8.68. The van der Waals surface area contributed by atoms with Gasteiger partial charge < -0.3 is 13.8 Å². The normalized spacial score (nSPS) is 10.0. The summed E-state index contributed by atoms with van der Waals surface area (Å²) >= 11 is 0. The summed E-state index contributed by atoms with van der Waals surface area (Å²) in [6.07, 6.45) is 0. The Balaban J connectivity index is 0. The summed E-state index contributed by atoms with van der Waals surface area (Å²) < 4.78 is 38.9. The fourth-order valence-corrected chi connectivity index (χ4v) is 0.204. The molecule has 0 spiro atoms. The van der Waals surface area contributed by atoms with Gasteiger partial charge in [-0.2, -0.15) is 0 Å². The molecule has 0 aromatic carbocycles. The minimum Gasteiger partial charge on any atom is -0.759 e. The van der Waals surface area contributed by atoms with Crippen LogP contribution < -0.4 is 0 Å². The summed E-state index contributed by atoms with van der Waals surface area (Å²) in [5.41, 5.74) is 0. The van der Waals surface area contributed by atoms with Gasteiger partial charge in [0.15, 0.2) is 0 Å². The van der Waals surface area contributed by atoms with Crippen molar-refractivity contribution in [3.8, 4) is 0 Å². The Morgan fingerprint density at radius 1 is 1.20 bits per heavy atom. The van der Waals surface area contributed by atoms with E-state index in [0.717, 1.165) is 13.2 Å². The summed E-state index contributed by atoms with van der Waals surface area (Å²) in [6, 6.07) is 0. The minimum atomic E-state index is -5.17. The molecule has 5 nitrogen and oxygen atoms in total. The van der Waals surface area contributed by atoms with E-state index in [1.165, 1.54) is 0 Å². The number of rotatable bonds is 2. The lowest BCUT2D eigenvalue weighted by atomic mass is 10.8. The number of ether oxygens (including phenoxy) is 1. The van der Waals surface area contributed by atoms with Gasteiger partial charge in [0.2, 0.25) is 0 Å². The van der Waals surface area contributed by atoms with Gasteiger partial charge in [0.25, 0.3) is 0 Å². The van der Waals surface area contributed by atoms with Gasteiger partial charge in [0.1, 0.15) is 0 Å². The summed E-state index contributed by atoms with van der Waals surface area (Å²) in [6.45, 7) is 5.67. The predicted molar refractivity (Wildman–Crippen MR) is 32.6 cm³/mol. The molecule has 0 radical (unpaired) electrons. The van der Waals surface area contributed by atoms with Gasteiger partial charge >= 0.3 is 0 Å². The lowest BCUT2D eigenvalue weighted by Gasteiger charge is -2.06. The van der Waals surface area contributed by atoms with Crippen LogP contribution in [0.25, 0.3) is 0 Å². The SMILES string of the molecule is CCOCC.O=S(=O)([O-])[O-]. The molecule has 0 saturated heterocycles. The first kappa shape index (κ1) is 12.5. The zero-order valence-corrected chi connectivity index (χ0v) is 6.68. The average molecular weight is 170 g/mol. The maximum absolute atomic E-state index is 8.52. The topological polar surface area (TPSA) is 89.5 Å². The summed E-state index contributed by atoms with van der Waals surface area (Å²) in [4.78, 5) is 0. The highest BCUT2D eigenvalue weighted by Crippen LogP contribution is 1.64. The van der Waals surface area contributed by atoms with Crippen molar-refractivity contribution in [2.75, 3.05) is 13.2 Å². The van der Waals surface area contributed by atoms with Crippen LogP contribution in [-0.4, -0.2) is 30.7 Å². The van der Waals surface area contributed by atoms with Gasteiger partial charge in [-0.05, 0) is 13.8 Å². The van der Waals surface area contributed by atoms with Crippen LogP contribution in [0, 0.1) is 0 Å². The lowest BCUT2D eigenvalue weighted by Crippen LogP contribution is -1.91. The Bertz CT molecular complexity index is 128. The third kappa shape index (κ3) is 109. The number of hydrogen-bond donors (Lipinski definition) is 0. The van der Waals surface area contributed by atoms with Crippen LogP contribution in [0.5, 0.6) is 0 Å². The lowest BCUT2D eigenvalue weighted by molar-refractivity contribution is 0.162. The molecule has 0 aliphatic carbocycles. The molecule has 0 aromatic rings. The fourth-order valence-electron chi connectivity index (χ4n) is 0.204. The van der Waals surface area contributed by atoms with Crippen LogP contribution in [0.3, 0.4) is 0 Å². The second-order valence-electron chi connectivity index (χ2n) is 1.19. The zero-order valence-electron chi connectivity index (χ0n) is 5.86. The van der Waals surface area contributed by atoms with Gasteiger partial charge in [-0.3, -0.25) is 8.42 Å². The van der Waals surface area contributed by atoms with Crippen molar-refractivity contribution in [2.24, 2.45) is 0 Å². The fraction of sp³-hybridized carbons (Fsp3) is 1.00. The van der Waals surface area contributed by atoms with Crippen LogP contribution in [-0.2, 0) is 15.1 Å². The van der Waals surface area contributed by atoms with Crippen molar-refractivity contribution in [3.63, 3.8) is 0 Å². The first-order valence-corrected chi connectivity index (χ1v) is 3.99. The van der Waals surface area contributed by atoms with E-state index in [2.05, 4.69) is 0 Å². The highest BCUT2D eigenvalue weighted by Gasteiger charge is 1.64. The maximum Gasteiger partial charge on any atom is 0.0437 e. The molecule has 0 unspecified atom stereocenters. The Morgan fingerprint density at radius 2 is 1.40 bits per heavy atom. The second kappa shape index (κ2) is 6.94. The second-order valence-corrected chi connectivity index (χ2v) is 2.01. The van der Waals surface area contributed by atoms with Crippen LogP contribution in [0.15, 0.2) is 0 Å². The smallest absolute Gasteiger partial charge is 0.0437 e. The van der Waals surface area contributed by atoms with Gasteiger partial charge in [-0.1, -0.05) is 0 Å². The van der Waals surface area contributed by atoms with E-state index in [4.69, 9.17) is 22.3 Å². The van der Waals surface area contributed by atoms with Gasteiger partial charge in [-0.15, -0.1) is 0 Å². The van der Waals surface area contributed by atoms with Crippen molar-refractivity contribution in [3.05, 3.63) is 0 Å². The highest BCUT2D eigenvalue weighted by atomic mass is 32.3. The molecule has 0 amide bonds. The monoisotopic (exact) mass is 170 g/mol. The van der Waals surface area contributed by atoms with Gasteiger partial charge in [0.05, 0.1) is 0 Å². The molecule has 0 bridgehead atoms. The molecule has 0 rings (SSSR count). The molecule has 0 atom stereocenters. The Hall–Kier alpha value is -0.170.